The van der Waals surface area contributed by atoms with Gasteiger partial charge in [-0.3, -0.25) is 0 Å². The van der Waals surface area contributed by atoms with E-state index in [9.17, 15) is 0 Å². The molecular formula is C12H28N2O. The van der Waals surface area contributed by atoms with Crippen molar-refractivity contribution in [1.29, 1.82) is 0 Å². The first-order chi connectivity index (χ1) is 6.90. The Morgan fingerprint density at radius 3 is 1.93 bits per heavy atom. The molecule has 0 aromatic rings. The maximum atomic E-state index is 6.26. The van der Waals surface area contributed by atoms with Crippen molar-refractivity contribution in [3.05, 3.63) is 0 Å². The van der Waals surface area contributed by atoms with E-state index in [4.69, 9.17) is 10.5 Å². The smallest absolute Gasteiger partial charge is 0.0639 e. The van der Waals surface area contributed by atoms with Gasteiger partial charge in [0.2, 0.25) is 0 Å². The van der Waals surface area contributed by atoms with E-state index in [-0.39, 0.29) is 17.7 Å². The van der Waals surface area contributed by atoms with Gasteiger partial charge in [-0.25, -0.2) is 0 Å². The van der Waals surface area contributed by atoms with Gasteiger partial charge >= 0.3 is 0 Å². The highest BCUT2D eigenvalue weighted by Gasteiger charge is 2.35. The van der Waals surface area contributed by atoms with E-state index >= 15 is 0 Å². The summed E-state index contributed by atoms with van der Waals surface area (Å²) in [5, 5.41) is 0. The van der Waals surface area contributed by atoms with Crippen molar-refractivity contribution in [2.24, 2.45) is 5.73 Å². The molecular weight excluding hydrogens is 188 g/mol. The van der Waals surface area contributed by atoms with Crippen LogP contribution in [0.15, 0.2) is 0 Å². The van der Waals surface area contributed by atoms with Gasteiger partial charge in [0.05, 0.1) is 12.7 Å². The normalized spacial score (nSPS) is 15.0. The van der Waals surface area contributed by atoms with E-state index in [0.29, 0.717) is 6.61 Å². The lowest BCUT2D eigenvalue weighted by atomic mass is 9.84. The molecule has 0 aromatic carbocycles. The first-order valence-corrected chi connectivity index (χ1v) is 5.95. The Hall–Kier alpha value is -0.120. The van der Waals surface area contributed by atoms with Crippen LogP contribution in [0.2, 0.25) is 0 Å². The van der Waals surface area contributed by atoms with Crippen LogP contribution in [0.5, 0.6) is 0 Å². The first-order valence-electron chi connectivity index (χ1n) is 5.95. The van der Waals surface area contributed by atoms with Gasteiger partial charge < -0.3 is 15.4 Å². The molecule has 0 aliphatic heterocycles. The minimum Gasteiger partial charge on any atom is -0.377 e. The van der Waals surface area contributed by atoms with Gasteiger partial charge in [0.25, 0.3) is 0 Å². The zero-order valence-corrected chi connectivity index (χ0v) is 11.2. The van der Waals surface area contributed by atoms with E-state index in [1.165, 1.54) is 0 Å². The second-order valence-electron chi connectivity index (χ2n) is 4.69. The molecule has 0 rings (SSSR count). The number of nitrogens with zero attached hydrogens (tertiary/aromatic N) is 1. The van der Waals surface area contributed by atoms with Crippen molar-refractivity contribution in [1.82, 2.24) is 4.90 Å². The number of hydrogen-bond donors (Lipinski definition) is 1. The van der Waals surface area contributed by atoms with Crippen LogP contribution in [0.4, 0.5) is 0 Å². The molecule has 2 N–H and O–H groups in total. The molecule has 0 bridgehead atoms. The largest absolute Gasteiger partial charge is 0.377 e. The molecule has 0 amide bonds. The van der Waals surface area contributed by atoms with Crippen molar-refractivity contribution in [3.8, 4) is 0 Å². The Morgan fingerprint density at radius 1 is 1.20 bits per heavy atom. The Bertz CT molecular complexity index is 165. The van der Waals surface area contributed by atoms with Crippen LogP contribution < -0.4 is 5.73 Å². The van der Waals surface area contributed by atoms with Crippen molar-refractivity contribution in [3.63, 3.8) is 0 Å². The maximum absolute atomic E-state index is 6.26. The first kappa shape index (κ1) is 14.9. The van der Waals surface area contributed by atoms with Gasteiger partial charge in [-0.15, -0.1) is 0 Å². The van der Waals surface area contributed by atoms with Crippen LogP contribution in [-0.4, -0.2) is 43.3 Å². The van der Waals surface area contributed by atoms with E-state index in [2.05, 4.69) is 32.8 Å². The number of hydrogen-bond acceptors (Lipinski definition) is 3. The fraction of sp³-hybridized carbons (Fsp3) is 1.00. The second-order valence-corrected chi connectivity index (χ2v) is 4.69. The lowest BCUT2D eigenvalue weighted by Gasteiger charge is -2.43. The Balaban J connectivity index is 4.47. The quantitative estimate of drug-likeness (QED) is 0.706. The molecule has 0 radical (unpaired) electrons. The molecule has 0 saturated heterocycles. The van der Waals surface area contributed by atoms with Crippen LogP contribution in [-0.2, 0) is 4.74 Å². The minimum absolute atomic E-state index is 0.0644. The average Bonchev–Trinajstić information content (AvgIpc) is 2.17. The summed E-state index contributed by atoms with van der Waals surface area (Å²) in [5.41, 5.74) is 6.32. The summed E-state index contributed by atoms with van der Waals surface area (Å²) in [4.78, 5) is 2.24. The Labute approximate surface area is 95.0 Å². The van der Waals surface area contributed by atoms with E-state index in [0.717, 1.165) is 12.8 Å². The fourth-order valence-corrected chi connectivity index (χ4v) is 2.19. The van der Waals surface area contributed by atoms with Gasteiger partial charge in [0.1, 0.15) is 0 Å². The lowest BCUT2D eigenvalue weighted by Crippen LogP contribution is -2.58. The summed E-state index contributed by atoms with van der Waals surface area (Å²) < 4.78 is 5.61. The van der Waals surface area contributed by atoms with Crippen molar-refractivity contribution < 1.29 is 4.74 Å². The van der Waals surface area contributed by atoms with Crippen molar-refractivity contribution >= 4 is 0 Å². The molecule has 0 heterocycles. The van der Waals surface area contributed by atoms with Gasteiger partial charge in [0.15, 0.2) is 0 Å². The SMILES string of the molecule is CCC(CC)(C(N)COC(C)C)N(C)C. The van der Waals surface area contributed by atoms with Gasteiger partial charge in [-0.05, 0) is 40.8 Å². The number of ether oxygens (including phenoxy) is 1. The Kier molecular flexibility index (Phi) is 6.41. The molecule has 3 heteroatoms. The second kappa shape index (κ2) is 6.46. The van der Waals surface area contributed by atoms with Gasteiger partial charge in [-0.2, -0.15) is 0 Å². The topological polar surface area (TPSA) is 38.5 Å². The van der Waals surface area contributed by atoms with Crippen LogP contribution in [0.3, 0.4) is 0 Å². The van der Waals surface area contributed by atoms with Crippen LogP contribution in [0, 0.1) is 0 Å². The average molecular weight is 216 g/mol. The van der Waals surface area contributed by atoms with E-state index in [1.807, 2.05) is 13.8 Å². The predicted molar refractivity (Wildman–Crippen MR) is 66.1 cm³/mol. The third kappa shape index (κ3) is 3.74. The highest BCUT2D eigenvalue weighted by Crippen LogP contribution is 2.24. The predicted octanol–water partition coefficient (Wildman–Crippen LogP) is 1.86. The van der Waals surface area contributed by atoms with Crippen LogP contribution in [0.1, 0.15) is 40.5 Å². The molecule has 0 aliphatic carbocycles. The summed E-state index contributed by atoms with van der Waals surface area (Å²) in [5.74, 6) is 0. The monoisotopic (exact) mass is 216 g/mol. The maximum Gasteiger partial charge on any atom is 0.0639 e. The molecule has 0 spiro atoms. The summed E-state index contributed by atoms with van der Waals surface area (Å²) in [7, 11) is 4.20. The zero-order chi connectivity index (χ0) is 12.1. The standard InChI is InChI=1S/C12H28N2O/c1-7-12(8-2,14(5)6)11(13)9-15-10(3)4/h10-11H,7-9,13H2,1-6H3. The van der Waals surface area contributed by atoms with Gasteiger partial charge in [0, 0.05) is 11.6 Å². The number of rotatable bonds is 7. The third-order valence-corrected chi connectivity index (χ3v) is 3.41. The molecule has 1 atom stereocenters. The Morgan fingerprint density at radius 2 is 1.67 bits per heavy atom. The summed E-state index contributed by atoms with van der Waals surface area (Å²) in [6, 6.07) is 0.0740. The molecule has 0 saturated carbocycles. The molecule has 1 unspecified atom stereocenters. The molecule has 92 valence electrons. The molecule has 3 nitrogen and oxygen atoms in total. The van der Waals surface area contributed by atoms with Crippen LogP contribution >= 0.6 is 0 Å². The number of likely N-dealkylation sites (N-methyl/N-ethyl adjacent to an activating group) is 1. The third-order valence-electron chi connectivity index (χ3n) is 3.41. The molecule has 0 aromatic heterocycles. The highest BCUT2D eigenvalue weighted by molar-refractivity contribution is 4.95. The summed E-state index contributed by atoms with van der Waals surface area (Å²) in [6.45, 7) is 9.11. The van der Waals surface area contributed by atoms with Gasteiger partial charge in [-0.1, -0.05) is 13.8 Å². The minimum atomic E-state index is 0.0644. The van der Waals surface area contributed by atoms with E-state index in [1.54, 1.807) is 0 Å². The molecule has 0 aliphatic rings. The van der Waals surface area contributed by atoms with E-state index < -0.39 is 0 Å². The zero-order valence-electron chi connectivity index (χ0n) is 11.2. The fourth-order valence-electron chi connectivity index (χ4n) is 2.19. The number of nitrogens with two attached hydrogens (primary N) is 1. The van der Waals surface area contributed by atoms with Crippen molar-refractivity contribution in [2.75, 3.05) is 20.7 Å². The summed E-state index contributed by atoms with van der Waals surface area (Å²) in [6.07, 6.45) is 2.36. The lowest BCUT2D eigenvalue weighted by molar-refractivity contribution is 0.0149. The van der Waals surface area contributed by atoms with Crippen molar-refractivity contribution in [2.45, 2.75) is 58.2 Å². The molecule has 15 heavy (non-hydrogen) atoms. The highest BCUT2D eigenvalue weighted by atomic mass is 16.5. The summed E-state index contributed by atoms with van der Waals surface area (Å²) >= 11 is 0. The molecule has 0 fully saturated rings. The van der Waals surface area contributed by atoms with Crippen LogP contribution in [0.25, 0.3) is 0 Å².